The van der Waals surface area contributed by atoms with Crippen molar-refractivity contribution in [2.75, 3.05) is 13.1 Å². The van der Waals surface area contributed by atoms with E-state index in [4.69, 9.17) is 4.52 Å². The van der Waals surface area contributed by atoms with Crippen molar-refractivity contribution < 1.29 is 9.32 Å². The van der Waals surface area contributed by atoms with E-state index in [1.807, 2.05) is 6.92 Å². The van der Waals surface area contributed by atoms with Gasteiger partial charge in [-0.2, -0.15) is 0 Å². The standard InChI is InChI=1S/C11H18N2O2/c1-5-13(7-8(2)3)11(14)10-6-9(4)12-15-10/h6,8H,5,7H2,1-4H3. The SMILES string of the molecule is CCN(CC(C)C)C(=O)c1cc(C)no1. The lowest BCUT2D eigenvalue weighted by molar-refractivity contribution is 0.0704. The van der Waals surface area contributed by atoms with Crippen molar-refractivity contribution >= 4 is 5.91 Å². The first kappa shape index (κ1) is 11.8. The van der Waals surface area contributed by atoms with Crippen LogP contribution in [0.15, 0.2) is 10.6 Å². The van der Waals surface area contributed by atoms with Crippen LogP contribution in [0.2, 0.25) is 0 Å². The van der Waals surface area contributed by atoms with Gasteiger partial charge >= 0.3 is 0 Å². The molecule has 0 spiro atoms. The number of nitrogens with zero attached hydrogens (tertiary/aromatic N) is 2. The fourth-order valence-corrected chi connectivity index (χ4v) is 1.42. The number of aryl methyl sites for hydroxylation is 1. The number of hydrogen-bond donors (Lipinski definition) is 0. The highest BCUT2D eigenvalue weighted by molar-refractivity contribution is 5.91. The van der Waals surface area contributed by atoms with E-state index in [1.54, 1.807) is 17.9 Å². The maximum absolute atomic E-state index is 11.9. The Morgan fingerprint density at radius 2 is 2.27 bits per heavy atom. The maximum Gasteiger partial charge on any atom is 0.292 e. The van der Waals surface area contributed by atoms with Crippen molar-refractivity contribution in [1.82, 2.24) is 10.1 Å². The van der Waals surface area contributed by atoms with Gasteiger partial charge in [0.15, 0.2) is 0 Å². The molecule has 0 atom stereocenters. The topological polar surface area (TPSA) is 46.3 Å². The van der Waals surface area contributed by atoms with Crippen LogP contribution < -0.4 is 0 Å². The Morgan fingerprint density at radius 3 is 2.67 bits per heavy atom. The molecule has 0 fully saturated rings. The van der Waals surface area contributed by atoms with Crippen LogP contribution in [0.5, 0.6) is 0 Å². The minimum atomic E-state index is -0.0770. The Hall–Kier alpha value is -1.32. The summed E-state index contributed by atoms with van der Waals surface area (Å²) in [6.07, 6.45) is 0. The molecule has 4 nitrogen and oxygen atoms in total. The summed E-state index contributed by atoms with van der Waals surface area (Å²) in [5, 5.41) is 3.71. The summed E-state index contributed by atoms with van der Waals surface area (Å²) in [7, 11) is 0. The molecule has 0 saturated carbocycles. The summed E-state index contributed by atoms with van der Waals surface area (Å²) in [5.74, 6) is 0.708. The lowest BCUT2D eigenvalue weighted by Crippen LogP contribution is -2.33. The van der Waals surface area contributed by atoms with Crippen LogP contribution in [0.25, 0.3) is 0 Å². The zero-order valence-corrected chi connectivity index (χ0v) is 9.78. The molecule has 0 aliphatic heterocycles. The van der Waals surface area contributed by atoms with E-state index in [0.29, 0.717) is 18.2 Å². The highest BCUT2D eigenvalue weighted by Gasteiger charge is 2.18. The fourth-order valence-electron chi connectivity index (χ4n) is 1.42. The van der Waals surface area contributed by atoms with Gasteiger partial charge in [0.25, 0.3) is 5.91 Å². The van der Waals surface area contributed by atoms with Gasteiger partial charge in [0.2, 0.25) is 5.76 Å². The van der Waals surface area contributed by atoms with Crippen LogP contribution >= 0.6 is 0 Å². The summed E-state index contributed by atoms with van der Waals surface area (Å²) in [6.45, 7) is 9.37. The third-order valence-electron chi connectivity index (χ3n) is 2.09. The van der Waals surface area contributed by atoms with E-state index in [9.17, 15) is 4.79 Å². The molecule has 1 aromatic heterocycles. The molecule has 0 unspecified atom stereocenters. The molecule has 0 aliphatic carbocycles. The zero-order valence-electron chi connectivity index (χ0n) is 9.78. The molecule has 4 heteroatoms. The van der Waals surface area contributed by atoms with Crippen LogP contribution in [0.1, 0.15) is 37.0 Å². The summed E-state index contributed by atoms with van der Waals surface area (Å²) in [6, 6.07) is 1.67. The maximum atomic E-state index is 11.9. The molecule has 0 aliphatic rings. The van der Waals surface area contributed by atoms with Gasteiger partial charge in [0.05, 0.1) is 5.69 Å². The molecule has 0 radical (unpaired) electrons. The minimum Gasteiger partial charge on any atom is -0.351 e. The number of aromatic nitrogens is 1. The Balaban J connectivity index is 2.73. The third kappa shape index (κ3) is 3.08. The quantitative estimate of drug-likeness (QED) is 0.764. The predicted octanol–water partition coefficient (Wildman–Crippen LogP) is 2.10. The van der Waals surface area contributed by atoms with E-state index < -0.39 is 0 Å². The van der Waals surface area contributed by atoms with Crippen molar-refractivity contribution in [3.05, 3.63) is 17.5 Å². The van der Waals surface area contributed by atoms with Gasteiger partial charge in [-0.05, 0) is 19.8 Å². The number of hydrogen-bond acceptors (Lipinski definition) is 3. The van der Waals surface area contributed by atoms with Gasteiger partial charge in [0.1, 0.15) is 0 Å². The molecular weight excluding hydrogens is 192 g/mol. The van der Waals surface area contributed by atoms with Crippen molar-refractivity contribution in [2.45, 2.75) is 27.7 Å². The van der Waals surface area contributed by atoms with E-state index in [1.165, 1.54) is 0 Å². The van der Waals surface area contributed by atoms with Gasteiger partial charge in [-0.3, -0.25) is 4.79 Å². The molecule has 1 heterocycles. The predicted molar refractivity (Wildman–Crippen MR) is 57.7 cm³/mol. The largest absolute Gasteiger partial charge is 0.351 e. The first-order valence-corrected chi connectivity index (χ1v) is 5.27. The van der Waals surface area contributed by atoms with Crippen LogP contribution in [-0.2, 0) is 0 Å². The van der Waals surface area contributed by atoms with Crippen molar-refractivity contribution in [2.24, 2.45) is 5.92 Å². The van der Waals surface area contributed by atoms with Crippen LogP contribution in [0.4, 0.5) is 0 Å². The fraction of sp³-hybridized carbons (Fsp3) is 0.636. The van der Waals surface area contributed by atoms with Crippen molar-refractivity contribution in [3.8, 4) is 0 Å². The van der Waals surface area contributed by atoms with E-state index in [0.717, 1.165) is 12.2 Å². The van der Waals surface area contributed by atoms with Crippen molar-refractivity contribution in [1.29, 1.82) is 0 Å². The number of carbonyl (C=O) groups excluding carboxylic acids is 1. The minimum absolute atomic E-state index is 0.0770. The second-order valence-corrected chi connectivity index (χ2v) is 4.07. The van der Waals surface area contributed by atoms with Gasteiger partial charge < -0.3 is 9.42 Å². The highest BCUT2D eigenvalue weighted by Crippen LogP contribution is 2.08. The van der Waals surface area contributed by atoms with E-state index in [2.05, 4.69) is 19.0 Å². The number of rotatable bonds is 4. The van der Waals surface area contributed by atoms with Gasteiger partial charge in [0, 0.05) is 19.2 Å². The molecule has 84 valence electrons. The summed E-state index contributed by atoms with van der Waals surface area (Å²) in [5.41, 5.74) is 0.735. The molecule has 0 bridgehead atoms. The van der Waals surface area contributed by atoms with Gasteiger partial charge in [-0.25, -0.2) is 0 Å². The molecule has 0 saturated heterocycles. The first-order chi connectivity index (χ1) is 7.04. The average molecular weight is 210 g/mol. The Labute approximate surface area is 90.2 Å². The number of amides is 1. The monoisotopic (exact) mass is 210 g/mol. The van der Waals surface area contributed by atoms with Crippen molar-refractivity contribution in [3.63, 3.8) is 0 Å². The average Bonchev–Trinajstić information content (AvgIpc) is 2.60. The molecule has 0 aromatic carbocycles. The molecular formula is C11H18N2O2. The van der Waals surface area contributed by atoms with Gasteiger partial charge in [-0.15, -0.1) is 0 Å². The Morgan fingerprint density at radius 1 is 1.60 bits per heavy atom. The first-order valence-electron chi connectivity index (χ1n) is 5.27. The number of carbonyl (C=O) groups is 1. The zero-order chi connectivity index (χ0) is 11.4. The smallest absolute Gasteiger partial charge is 0.292 e. The molecule has 1 rings (SSSR count). The van der Waals surface area contributed by atoms with Crippen LogP contribution in [0, 0.1) is 12.8 Å². The molecule has 15 heavy (non-hydrogen) atoms. The second kappa shape index (κ2) is 4.96. The van der Waals surface area contributed by atoms with Gasteiger partial charge in [-0.1, -0.05) is 19.0 Å². The second-order valence-electron chi connectivity index (χ2n) is 4.07. The summed E-state index contributed by atoms with van der Waals surface area (Å²) in [4.78, 5) is 13.7. The van der Waals surface area contributed by atoms with E-state index in [-0.39, 0.29) is 5.91 Å². The lowest BCUT2D eigenvalue weighted by atomic mass is 10.2. The normalized spacial score (nSPS) is 10.7. The summed E-state index contributed by atoms with van der Waals surface area (Å²) < 4.78 is 4.95. The molecule has 0 N–H and O–H groups in total. The Bertz CT molecular complexity index is 331. The Kier molecular flexibility index (Phi) is 3.88. The van der Waals surface area contributed by atoms with Crippen LogP contribution in [0.3, 0.4) is 0 Å². The lowest BCUT2D eigenvalue weighted by Gasteiger charge is -2.21. The van der Waals surface area contributed by atoms with Crippen LogP contribution in [-0.4, -0.2) is 29.1 Å². The highest BCUT2D eigenvalue weighted by atomic mass is 16.5. The molecule has 1 aromatic rings. The van der Waals surface area contributed by atoms with E-state index >= 15 is 0 Å². The third-order valence-corrected chi connectivity index (χ3v) is 2.09. The molecule has 1 amide bonds. The summed E-state index contributed by atoms with van der Waals surface area (Å²) >= 11 is 0.